The molecule has 0 saturated heterocycles. The molecule has 0 radical (unpaired) electrons. The van der Waals surface area contributed by atoms with Crippen molar-refractivity contribution < 1.29 is 14.3 Å². The number of amides is 1. The SMILES string of the molecule is COC(=O)C12CC3CC4(C(N)=O)CC(c5ccccc5)(C1)C4(C3)C2. The number of nitrogens with two attached hydrogens (primary N) is 1. The van der Waals surface area contributed by atoms with E-state index in [0.717, 1.165) is 38.5 Å². The third kappa shape index (κ3) is 1.24. The Balaban J connectivity index is 1.73. The highest BCUT2D eigenvalue weighted by atomic mass is 16.5. The summed E-state index contributed by atoms with van der Waals surface area (Å²) in [6, 6.07) is 10.5. The summed E-state index contributed by atoms with van der Waals surface area (Å²) in [7, 11) is 1.49. The summed E-state index contributed by atoms with van der Waals surface area (Å²) in [5.74, 6) is 0.175. The van der Waals surface area contributed by atoms with Gasteiger partial charge in [0.1, 0.15) is 0 Å². The van der Waals surface area contributed by atoms with Gasteiger partial charge in [0.25, 0.3) is 0 Å². The molecule has 4 aliphatic rings. The van der Waals surface area contributed by atoms with Crippen molar-refractivity contribution in [2.75, 3.05) is 7.11 Å². The number of carbonyl (C=O) groups is 2. The highest BCUT2D eigenvalue weighted by Crippen LogP contribution is 2.88. The highest BCUT2D eigenvalue weighted by Gasteiger charge is 2.87. The lowest BCUT2D eigenvalue weighted by Crippen LogP contribution is -2.67. The van der Waals surface area contributed by atoms with Crippen LogP contribution in [0.25, 0.3) is 0 Å². The van der Waals surface area contributed by atoms with E-state index in [9.17, 15) is 9.59 Å². The van der Waals surface area contributed by atoms with E-state index in [1.807, 2.05) is 6.07 Å². The number of primary amides is 1. The third-order valence-electron chi connectivity index (χ3n) is 8.09. The lowest BCUT2D eigenvalue weighted by Gasteiger charge is -2.65. The van der Waals surface area contributed by atoms with Gasteiger partial charge in [-0.2, -0.15) is 0 Å². The molecule has 0 aromatic heterocycles. The van der Waals surface area contributed by atoms with Gasteiger partial charge in [-0.05, 0) is 55.4 Å². The molecule has 5 unspecified atom stereocenters. The molecular formula is C20H23NO3. The van der Waals surface area contributed by atoms with E-state index in [4.69, 9.17) is 10.5 Å². The van der Waals surface area contributed by atoms with Crippen LogP contribution in [0.5, 0.6) is 0 Å². The Kier molecular flexibility index (Phi) is 2.44. The Labute approximate surface area is 141 Å². The van der Waals surface area contributed by atoms with Gasteiger partial charge in [-0.3, -0.25) is 9.59 Å². The first kappa shape index (κ1) is 14.5. The van der Waals surface area contributed by atoms with E-state index >= 15 is 0 Å². The van der Waals surface area contributed by atoms with Crippen molar-refractivity contribution in [2.24, 2.45) is 27.9 Å². The van der Waals surface area contributed by atoms with E-state index in [-0.39, 0.29) is 22.7 Å². The summed E-state index contributed by atoms with van der Waals surface area (Å²) in [5, 5.41) is 0. The average Bonchev–Trinajstić information content (AvgIpc) is 2.88. The Bertz CT molecular complexity index is 761. The van der Waals surface area contributed by atoms with Crippen molar-refractivity contribution in [3.63, 3.8) is 0 Å². The van der Waals surface area contributed by atoms with E-state index in [1.54, 1.807) is 0 Å². The lowest BCUT2D eigenvalue weighted by atomic mass is 9.37. The zero-order valence-electron chi connectivity index (χ0n) is 14.0. The van der Waals surface area contributed by atoms with E-state index in [2.05, 4.69) is 24.3 Å². The molecule has 4 nitrogen and oxygen atoms in total. The molecular weight excluding hydrogens is 302 g/mol. The van der Waals surface area contributed by atoms with Crippen LogP contribution in [0.4, 0.5) is 0 Å². The van der Waals surface area contributed by atoms with Gasteiger partial charge in [0.2, 0.25) is 5.91 Å². The molecule has 126 valence electrons. The summed E-state index contributed by atoms with van der Waals surface area (Å²) in [4.78, 5) is 25.2. The Morgan fingerprint density at radius 2 is 1.83 bits per heavy atom. The number of ether oxygens (including phenoxy) is 1. The van der Waals surface area contributed by atoms with Crippen LogP contribution in [-0.2, 0) is 19.7 Å². The van der Waals surface area contributed by atoms with Gasteiger partial charge in [0.15, 0.2) is 0 Å². The molecule has 0 heterocycles. The molecule has 4 aliphatic carbocycles. The van der Waals surface area contributed by atoms with E-state index in [1.165, 1.54) is 12.7 Å². The largest absolute Gasteiger partial charge is 0.469 e. The summed E-state index contributed by atoms with van der Waals surface area (Å²) in [5.41, 5.74) is 6.12. The van der Waals surface area contributed by atoms with Gasteiger partial charge in [0, 0.05) is 5.41 Å². The first-order valence-corrected chi connectivity index (χ1v) is 8.88. The van der Waals surface area contributed by atoms with Gasteiger partial charge in [-0.1, -0.05) is 30.3 Å². The summed E-state index contributed by atoms with van der Waals surface area (Å²) < 4.78 is 5.22. The number of hydrogen-bond donors (Lipinski definition) is 1. The monoisotopic (exact) mass is 325 g/mol. The van der Waals surface area contributed by atoms with Crippen LogP contribution in [0, 0.1) is 22.2 Å². The Morgan fingerprint density at radius 1 is 1.08 bits per heavy atom. The highest BCUT2D eigenvalue weighted by molar-refractivity contribution is 5.88. The summed E-state index contributed by atoms with van der Waals surface area (Å²) in [6.07, 6.45) is 5.11. The first-order valence-electron chi connectivity index (χ1n) is 8.88. The fraction of sp³-hybridized carbons (Fsp3) is 0.600. The molecule has 5 rings (SSSR count). The normalized spacial score (nSPS) is 47.1. The minimum absolute atomic E-state index is 0.0865. The molecule has 1 amide bonds. The second-order valence-electron chi connectivity index (χ2n) is 8.76. The second-order valence-corrected chi connectivity index (χ2v) is 8.76. The van der Waals surface area contributed by atoms with E-state index < -0.39 is 10.8 Å². The number of carbonyl (C=O) groups excluding carboxylic acids is 2. The Morgan fingerprint density at radius 3 is 2.50 bits per heavy atom. The fourth-order valence-electron chi connectivity index (χ4n) is 7.73. The van der Waals surface area contributed by atoms with Gasteiger partial charge in [-0.15, -0.1) is 0 Å². The third-order valence-corrected chi connectivity index (χ3v) is 8.09. The van der Waals surface area contributed by atoms with Crippen LogP contribution >= 0.6 is 0 Å². The lowest BCUT2D eigenvalue weighted by molar-refractivity contribution is -0.166. The number of rotatable bonds is 3. The molecule has 1 spiro atoms. The minimum atomic E-state index is -0.429. The van der Waals surface area contributed by atoms with Crippen LogP contribution in [0.2, 0.25) is 0 Å². The molecule has 5 atom stereocenters. The topological polar surface area (TPSA) is 69.4 Å². The van der Waals surface area contributed by atoms with Crippen LogP contribution in [-0.4, -0.2) is 19.0 Å². The maximum Gasteiger partial charge on any atom is 0.311 e. The summed E-state index contributed by atoms with van der Waals surface area (Å²) >= 11 is 0. The van der Waals surface area contributed by atoms with Crippen LogP contribution in [0.15, 0.2) is 30.3 Å². The number of fused-ring (bicyclic) bond motifs is 2. The minimum Gasteiger partial charge on any atom is -0.469 e. The van der Waals surface area contributed by atoms with Gasteiger partial charge in [-0.25, -0.2) is 0 Å². The number of hydrogen-bond acceptors (Lipinski definition) is 3. The van der Waals surface area contributed by atoms with Crippen molar-refractivity contribution in [1.29, 1.82) is 0 Å². The fourth-order valence-corrected chi connectivity index (χ4v) is 7.73. The molecule has 4 fully saturated rings. The predicted molar refractivity (Wildman–Crippen MR) is 87.8 cm³/mol. The van der Waals surface area contributed by atoms with Crippen molar-refractivity contribution in [3.8, 4) is 0 Å². The molecule has 0 aliphatic heterocycles. The second kappa shape index (κ2) is 4.04. The van der Waals surface area contributed by atoms with Crippen molar-refractivity contribution >= 4 is 11.9 Å². The van der Waals surface area contributed by atoms with Crippen LogP contribution < -0.4 is 5.73 Å². The first-order chi connectivity index (χ1) is 11.4. The molecule has 2 N–H and O–H groups in total. The van der Waals surface area contributed by atoms with Crippen LogP contribution in [0.3, 0.4) is 0 Å². The van der Waals surface area contributed by atoms with Crippen LogP contribution in [0.1, 0.15) is 44.1 Å². The molecule has 4 heteroatoms. The quantitative estimate of drug-likeness (QED) is 0.868. The maximum absolute atomic E-state index is 12.7. The maximum atomic E-state index is 12.7. The molecule has 24 heavy (non-hydrogen) atoms. The predicted octanol–water partition coefficient (Wildman–Crippen LogP) is 2.55. The number of benzene rings is 1. The number of methoxy groups -OCH3 is 1. The zero-order valence-corrected chi connectivity index (χ0v) is 14.0. The molecule has 3 bridgehead atoms. The summed E-state index contributed by atoms with van der Waals surface area (Å²) in [6.45, 7) is 0. The molecule has 4 saturated carbocycles. The van der Waals surface area contributed by atoms with Gasteiger partial charge < -0.3 is 10.5 Å². The Hall–Kier alpha value is -1.84. The van der Waals surface area contributed by atoms with Gasteiger partial charge in [0.05, 0.1) is 17.9 Å². The molecule has 1 aromatic carbocycles. The van der Waals surface area contributed by atoms with Gasteiger partial charge >= 0.3 is 5.97 Å². The van der Waals surface area contributed by atoms with Crippen molar-refractivity contribution in [1.82, 2.24) is 0 Å². The van der Waals surface area contributed by atoms with Crippen molar-refractivity contribution in [3.05, 3.63) is 35.9 Å². The number of esters is 1. The standard InChI is InChI=1S/C20H23NO3/c1-24-16(23)17-7-13-8-18(15(21)22)12-19(10-17,20(18,9-13)11-17)14-5-3-2-4-6-14/h2-6,13H,7-12H2,1H3,(H2,21,22). The smallest absolute Gasteiger partial charge is 0.311 e. The zero-order chi connectivity index (χ0) is 16.8. The van der Waals surface area contributed by atoms with E-state index in [0.29, 0.717) is 5.92 Å². The van der Waals surface area contributed by atoms with Crippen molar-refractivity contribution in [2.45, 2.75) is 43.9 Å². The molecule has 1 aromatic rings. The average molecular weight is 325 g/mol.